The highest BCUT2D eigenvalue weighted by Crippen LogP contribution is 2.37. The van der Waals surface area contributed by atoms with Gasteiger partial charge in [0.1, 0.15) is 0 Å². The number of hydrogen-bond acceptors (Lipinski definition) is 5. The Balaban J connectivity index is 4.55. The van der Waals surface area contributed by atoms with E-state index in [4.69, 9.17) is 13.9 Å². The molecule has 6 heteroatoms. The van der Waals surface area contributed by atoms with Crippen molar-refractivity contribution in [3.8, 4) is 0 Å². The van der Waals surface area contributed by atoms with Crippen LogP contribution < -0.4 is 0 Å². The molecule has 0 aliphatic rings. The van der Waals surface area contributed by atoms with Gasteiger partial charge in [0.25, 0.3) is 0 Å². The second-order valence-electron chi connectivity index (χ2n) is 6.76. The zero-order chi connectivity index (χ0) is 16.7. The van der Waals surface area contributed by atoms with Crippen LogP contribution in [-0.4, -0.2) is 39.6 Å². The van der Waals surface area contributed by atoms with Crippen molar-refractivity contribution in [1.29, 1.82) is 0 Å². The second kappa shape index (κ2) is 8.53. The molecule has 0 unspecified atom stereocenters. The van der Waals surface area contributed by atoms with E-state index in [0.717, 1.165) is 0 Å². The topological polar surface area (TPSA) is 61.8 Å². The molecule has 0 amide bonds. The maximum atomic E-state index is 10.8. The molecule has 5 nitrogen and oxygen atoms in total. The van der Waals surface area contributed by atoms with Crippen LogP contribution in [-0.2, 0) is 23.5 Å². The Morgan fingerprint density at radius 2 is 1.33 bits per heavy atom. The smallest absolute Gasteiger partial charge is 0.302 e. The Labute approximate surface area is 129 Å². The SMILES string of the molecule is CC(=O)OCCC(CCOC(C)=O)O[Si](C)(C)C(C)(C)C. The fraction of sp³-hybridized carbons (Fsp3) is 0.867. The van der Waals surface area contributed by atoms with Crippen LogP contribution in [0.5, 0.6) is 0 Å². The van der Waals surface area contributed by atoms with Gasteiger partial charge in [-0.25, -0.2) is 0 Å². The van der Waals surface area contributed by atoms with Crippen molar-refractivity contribution in [2.75, 3.05) is 13.2 Å². The first kappa shape index (κ1) is 20.1. The summed E-state index contributed by atoms with van der Waals surface area (Å²) in [7, 11) is -1.90. The van der Waals surface area contributed by atoms with E-state index in [1.165, 1.54) is 13.8 Å². The number of carbonyl (C=O) groups is 2. The van der Waals surface area contributed by atoms with Gasteiger partial charge in [0.15, 0.2) is 8.32 Å². The monoisotopic (exact) mass is 318 g/mol. The summed E-state index contributed by atoms with van der Waals surface area (Å²) >= 11 is 0. The second-order valence-corrected chi connectivity index (χ2v) is 11.5. The summed E-state index contributed by atoms with van der Waals surface area (Å²) in [6.07, 6.45) is 1.17. The number of esters is 2. The first-order chi connectivity index (χ1) is 9.45. The molecule has 0 fully saturated rings. The van der Waals surface area contributed by atoms with Crippen molar-refractivity contribution < 1.29 is 23.5 Å². The van der Waals surface area contributed by atoms with Crippen molar-refractivity contribution in [3.05, 3.63) is 0 Å². The quantitative estimate of drug-likeness (QED) is 0.507. The minimum atomic E-state index is -1.90. The summed E-state index contributed by atoms with van der Waals surface area (Å²) in [6.45, 7) is 14.3. The van der Waals surface area contributed by atoms with E-state index in [1.807, 2.05) is 0 Å². The van der Waals surface area contributed by atoms with Gasteiger partial charge >= 0.3 is 11.9 Å². The first-order valence-corrected chi connectivity index (χ1v) is 10.3. The van der Waals surface area contributed by atoms with Gasteiger partial charge in [-0.15, -0.1) is 0 Å². The van der Waals surface area contributed by atoms with Crippen LogP contribution in [0.3, 0.4) is 0 Å². The molecule has 0 heterocycles. The molecule has 0 aliphatic heterocycles. The van der Waals surface area contributed by atoms with Crippen molar-refractivity contribution in [2.45, 2.75) is 71.7 Å². The Morgan fingerprint density at radius 3 is 1.62 bits per heavy atom. The van der Waals surface area contributed by atoms with Crippen LogP contribution in [0.25, 0.3) is 0 Å². The van der Waals surface area contributed by atoms with Crippen molar-refractivity contribution in [2.24, 2.45) is 0 Å². The molecule has 0 atom stereocenters. The lowest BCUT2D eigenvalue weighted by atomic mass is 10.2. The number of ether oxygens (including phenoxy) is 2. The van der Waals surface area contributed by atoms with Gasteiger partial charge in [-0.2, -0.15) is 0 Å². The van der Waals surface area contributed by atoms with Crippen LogP contribution in [0.2, 0.25) is 18.1 Å². The van der Waals surface area contributed by atoms with Crippen LogP contribution in [0.4, 0.5) is 0 Å². The summed E-state index contributed by atoms with van der Waals surface area (Å²) < 4.78 is 16.3. The Bertz CT molecular complexity index is 326. The van der Waals surface area contributed by atoms with Crippen LogP contribution >= 0.6 is 0 Å². The molecule has 0 aliphatic carbocycles. The molecule has 0 bridgehead atoms. The fourth-order valence-corrected chi connectivity index (χ4v) is 2.95. The minimum Gasteiger partial charge on any atom is -0.466 e. The minimum absolute atomic E-state index is 0.0652. The first-order valence-electron chi connectivity index (χ1n) is 7.40. The fourth-order valence-electron chi connectivity index (χ4n) is 1.52. The van der Waals surface area contributed by atoms with Gasteiger partial charge < -0.3 is 13.9 Å². The van der Waals surface area contributed by atoms with E-state index in [2.05, 4.69) is 33.9 Å². The molecule has 0 N–H and O–H groups in total. The summed E-state index contributed by atoms with van der Waals surface area (Å²) in [5.74, 6) is -0.581. The van der Waals surface area contributed by atoms with Gasteiger partial charge in [0.2, 0.25) is 0 Å². The summed E-state index contributed by atoms with van der Waals surface area (Å²) in [5, 5.41) is 0.105. The summed E-state index contributed by atoms with van der Waals surface area (Å²) in [4.78, 5) is 21.7. The Kier molecular flexibility index (Phi) is 8.17. The molecular formula is C15H30O5Si. The zero-order valence-corrected chi connectivity index (χ0v) is 15.4. The molecule has 0 saturated heterocycles. The van der Waals surface area contributed by atoms with E-state index in [-0.39, 0.29) is 23.1 Å². The average molecular weight is 318 g/mol. The van der Waals surface area contributed by atoms with Crippen LogP contribution in [0.15, 0.2) is 0 Å². The van der Waals surface area contributed by atoms with Gasteiger partial charge in [-0.05, 0) is 18.1 Å². The molecular weight excluding hydrogens is 288 g/mol. The van der Waals surface area contributed by atoms with E-state index >= 15 is 0 Å². The average Bonchev–Trinajstić information content (AvgIpc) is 2.25. The molecule has 0 radical (unpaired) electrons. The normalized spacial score (nSPS) is 12.4. The summed E-state index contributed by atoms with van der Waals surface area (Å²) in [5.41, 5.74) is 0. The summed E-state index contributed by atoms with van der Waals surface area (Å²) in [6, 6.07) is 0. The standard InChI is InChI=1S/C15H30O5Si/c1-12(16)18-10-8-14(9-11-19-13(2)17)20-21(6,7)15(3,4)5/h14H,8-11H2,1-7H3. The van der Waals surface area contributed by atoms with Gasteiger partial charge in [-0.1, -0.05) is 20.8 Å². The number of rotatable bonds is 8. The largest absolute Gasteiger partial charge is 0.466 e. The van der Waals surface area contributed by atoms with Gasteiger partial charge in [0.05, 0.1) is 19.3 Å². The number of carbonyl (C=O) groups excluding carboxylic acids is 2. The Hall–Kier alpha value is -0.883. The molecule has 0 spiro atoms. The number of hydrogen-bond donors (Lipinski definition) is 0. The highest BCUT2D eigenvalue weighted by atomic mass is 28.4. The van der Waals surface area contributed by atoms with E-state index in [0.29, 0.717) is 26.1 Å². The predicted octanol–water partition coefficient (Wildman–Crippen LogP) is 3.28. The maximum absolute atomic E-state index is 10.8. The predicted molar refractivity (Wildman–Crippen MR) is 84.6 cm³/mol. The molecule has 124 valence electrons. The highest BCUT2D eigenvalue weighted by Gasteiger charge is 2.39. The third-order valence-electron chi connectivity index (χ3n) is 3.76. The lowest BCUT2D eigenvalue weighted by Crippen LogP contribution is -2.44. The van der Waals surface area contributed by atoms with E-state index < -0.39 is 8.32 Å². The van der Waals surface area contributed by atoms with Crippen molar-refractivity contribution in [1.82, 2.24) is 0 Å². The third-order valence-corrected chi connectivity index (χ3v) is 8.29. The third kappa shape index (κ3) is 8.88. The maximum Gasteiger partial charge on any atom is 0.302 e. The molecule has 0 aromatic carbocycles. The van der Waals surface area contributed by atoms with Gasteiger partial charge in [-0.3, -0.25) is 9.59 Å². The van der Waals surface area contributed by atoms with Crippen LogP contribution in [0, 0.1) is 0 Å². The lowest BCUT2D eigenvalue weighted by Gasteiger charge is -2.39. The molecule has 0 rings (SSSR count). The lowest BCUT2D eigenvalue weighted by molar-refractivity contribution is -0.141. The highest BCUT2D eigenvalue weighted by molar-refractivity contribution is 6.74. The van der Waals surface area contributed by atoms with Gasteiger partial charge in [0, 0.05) is 26.7 Å². The molecule has 0 aromatic heterocycles. The zero-order valence-electron chi connectivity index (χ0n) is 14.4. The molecule has 0 saturated carbocycles. The van der Waals surface area contributed by atoms with Crippen LogP contribution in [0.1, 0.15) is 47.5 Å². The van der Waals surface area contributed by atoms with E-state index in [1.54, 1.807) is 0 Å². The van der Waals surface area contributed by atoms with E-state index in [9.17, 15) is 9.59 Å². The Morgan fingerprint density at radius 1 is 0.952 bits per heavy atom. The molecule has 0 aromatic rings. The van der Waals surface area contributed by atoms with Crippen molar-refractivity contribution in [3.63, 3.8) is 0 Å². The molecule has 21 heavy (non-hydrogen) atoms. The van der Waals surface area contributed by atoms with Crippen molar-refractivity contribution >= 4 is 20.3 Å².